The minimum absolute atomic E-state index is 0.0660. The van der Waals surface area contributed by atoms with Crippen molar-refractivity contribution in [3.63, 3.8) is 0 Å². The Bertz CT molecular complexity index is 1080. The molecule has 0 aliphatic carbocycles. The van der Waals surface area contributed by atoms with Crippen molar-refractivity contribution in [1.82, 2.24) is 4.98 Å². The van der Waals surface area contributed by atoms with Gasteiger partial charge in [-0.25, -0.2) is 14.2 Å². The number of ether oxygens (including phenoxy) is 1. The summed E-state index contributed by atoms with van der Waals surface area (Å²) in [6.07, 6.45) is 0. The highest BCUT2D eigenvalue weighted by Crippen LogP contribution is 2.32. The van der Waals surface area contributed by atoms with Crippen LogP contribution in [0.3, 0.4) is 0 Å². The zero-order valence-electron chi connectivity index (χ0n) is 16.7. The van der Waals surface area contributed by atoms with Crippen LogP contribution in [0.5, 0.6) is 0 Å². The van der Waals surface area contributed by atoms with Crippen LogP contribution in [-0.4, -0.2) is 16.9 Å². The molecule has 150 valence electrons. The van der Waals surface area contributed by atoms with Gasteiger partial charge >= 0.3 is 5.97 Å². The molecule has 0 spiro atoms. The fourth-order valence-electron chi connectivity index (χ4n) is 2.87. The maximum atomic E-state index is 13.6. The summed E-state index contributed by atoms with van der Waals surface area (Å²) in [4.78, 5) is 30.4. The number of carbonyl (C=O) groups is 2. The lowest BCUT2D eigenvalue weighted by atomic mass is 10.1. The van der Waals surface area contributed by atoms with E-state index in [4.69, 9.17) is 4.74 Å². The number of halogens is 1. The van der Waals surface area contributed by atoms with Gasteiger partial charge < -0.3 is 4.74 Å². The third-order valence-corrected chi connectivity index (χ3v) is 5.27. The standard InChI is InChI=1S/C22H21FN2O3S/c1-13-5-8-20(15(3)9-13)25(16(4)26)22-24-18(12-29-22)11-28-21(27)17-7-6-14(2)19(23)10-17/h5-10,12H,11H2,1-4H3. The average Bonchev–Trinajstić information content (AvgIpc) is 3.12. The molecular weight excluding hydrogens is 391 g/mol. The van der Waals surface area contributed by atoms with E-state index in [1.165, 1.54) is 30.4 Å². The number of thiazole rings is 1. The predicted molar refractivity (Wildman–Crippen MR) is 111 cm³/mol. The van der Waals surface area contributed by atoms with Crippen molar-refractivity contribution < 1.29 is 18.7 Å². The second kappa shape index (κ2) is 8.53. The summed E-state index contributed by atoms with van der Waals surface area (Å²) in [6.45, 7) is 6.97. The minimum Gasteiger partial charge on any atom is -0.456 e. The van der Waals surface area contributed by atoms with Gasteiger partial charge in [0.1, 0.15) is 12.4 Å². The van der Waals surface area contributed by atoms with E-state index in [9.17, 15) is 14.0 Å². The van der Waals surface area contributed by atoms with Crippen molar-refractivity contribution in [1.29, 1.82) is 0 Å². The van der Waals surface area contributed by atoms with Gasteiger partial charge in [-0.2, -0.15) is 0 Å². The first-order valence-electron chi connectivity index (χ1n) is 9.02. The van der Waals surface area contributed by atoms with Crippen molar-refractivity contribution in [2.45, 2.75) is 34.3 Å². The first-order chi connectivity index (χ1) is 13.8. The van der Waals surface area contributed by atoms with Crippen LogP contribution in [0.4, 0.5) is 15.2 Å². The Kier molecular flexibility index (Phi) is 6.08. The Morgan fingerprint density at radius 2 is 1.86 bits per heavy atom. The second-order valence-corrected chi connectivity index (χ2v) is 7.64. The largest absolute Gasteiger partial charge is 0.456 e. The Morgan fingerprint density at radius 3 is 2.52 bits per heavy atom. The molecule has 5 nitrogen and oxygen atoms in total. The maximum absolute atomic E-state index is 13.6. The van der Waals surface area contributed by atoms with Crippen LogP contribution in [0.15, 0.2) is 41.8 Å². The molecule has 7 heteroatoms. The number of benzene rings is 2. The van der Waals surface area contributed by atoms with E-state index in [0.29, 0.717) is 16.4 Å². The van der Waals surface area contributed by atoms with Crippen molar-refractivity contribution in [3.05, 3.63) is 75.5 Å². The molecule has 3 rings (SSSR count). The molecule has 2 aromatic carbocycles. The minimum atomic E-state index is -0.628. The van der Waals surface area contributed by atoms with Crippen LogP contribution in [0.25, 0.3) is 0 Å². The first kappa shape index (κ1) is 20.7. The number of anilines is 2. The second-order valence-electron chi connectivity index (χ2n) is 6.81. The van der Waals surface area contributed by atoms with Crippen molar-refractivity contribution in [2.24, 2.45) is 0 Å². The number of nitrogens with zero attached hydrogens (tertiary/aromatic N) is 2. The van der Waals surface area contributed by atoms with E-state index < -0.39 is 11.8 Å². The van der Waals surface area contributed by atoms with E-state index in [0.717, 1.165) is 22.9 Å². The Balaban J connectivity index is 1.75. The van der Waals surface area contributed by atoms with Gasteiger partial charge in [0, 0.05) is 12.3 Å². The van der Waals surface area contributed by atoms with Gasteiger partial charge in [0.05, 0.1) is 16.9 Å². The number of carbonyl (C=O) groups excluding carboxylic acids is 2. The van der Waals surface area contributed by atoms with Crippen molar-refractivity contribution in [3.8, 4) is 0 Å². The quantitative estimate of drug-likeness (QED) is 0.537. The van der Waals surface area contributed by atoms with Gasteiger partial charge in [-0.1, -0.05) is 23.8 Å². The lowest BCUT2D eigenvalue weighted by molar-refractivity contribution is -0.115. The van der Waals surface area contributed by atoms with Crippen molar-refractivity contribution >= 4 is 34.0 Å². The summed E-state index contributed by atoms with van der Waals surface area (Å²) in [6, 6.07) is 10.0. The third-order valence-electron chi connectivity index (χ3n) is 4.40. The van der Waals surface area contributed by atoms with E-state index in [2.05, 4.69) is 4.98 Å². The molecule has 0 bridgehead atoms. The molecule has 0 atom stereocenters. The van der Waals surface area contributed by atoms with Crippen LogP contribution < -0.4 is 4.90 Å². The highest BCUT2D eigenvalue weighted by molar-refractivity contribution is 7.14. The fourth-order valence-corrected chi connectivity index (χ4v) is 3.74. The van der Waals surface area contributed by atoms with Crippen LogP contribution in [-0.2, 0) is 16.1 Å². The van der Waals surface area contributed by atoms with Gasteiger partial charge in [0.15, 0.2) is 5.13 Å². The summed E-state index contributed by atoms with van der Waals surface area (Å²) in [5.74, 6) is -1.25. The summed E-state index contributed by atoms with van der Waals surface area (Å²) >= 11 is 1.29. The summed E-state index contributed by atoms with van der Waals surface area (Å²) in [5, 5.41) is 2.23. The molecule has 1 heterocycles. The fraction of sp³-hybridized carbons (Fsp3) is 0.227. The Labute approximate surface area is 172 Å². The molecule has 0 N–H and O–H groups in total. The van der Waals surface area contributed by atoms with Crippen LogP contribution in [0.1, 0.15) is 39.7 Å². The molecule has 0 radical (unpaired) electrons. The van der Waals surface area contributed by atoms with Crippen LogP contribution in [0, 0.1) is 26.6 Å². The summed E-state index contributed by atoms with van der Waals surface area (Å²) in [7, 11) is 0. The van der Waals surface area contributed by atoms with Crippen LogP contribution >= 0.6 is 11.3 Å². The maximum Gasteiger partial charge on any atom is 0.338 e. The molecule has 29 heavy (non-hydrogen) atoms. The number of rotatable bonds is 5. The smallest absolute Gasteiger partial charge is 0.338 e. The predicted octanol–water partition coefficient (Wildman–Crippen LogP) is 5.25. The summed E-state index contributed by atoms with van der Waals surface area (Å²) in [5.41, 5.74) is 3.95. The molecule has 0 fully saturated rings. The number of aromatic nitrogens is 1. The zero-order chi connectivity index (χ0) is 21.1. The number of hydrogen-bond donors (Lipinski definition) is 0. The van der Waals surface area contributed by atoms with E-state index >= 15 is 0 Å². The molecule has 0 unspecified atom stereocenters. The number of aryl methyl sites for hydroxylation is 3. The third kappa shape index (κ3) is 4.68. The first-order valence-corrected chi connectivity index (χ1v) is 9.90. The summed E-state index contributed by atoms with van der Waals surface area (Å²) < 4.78 is 18.9. The SMILES string of the molecule is CC(=O)N(c1nc(COC(=O)c2ccc(C)c(F)c2)cs1)c1ccc(C)cc1C. The van der Waals surface area contributed by atoms with Gasteiger partial charge in [0.25, 0.3) is 0 Å². The molecule has 1 amide bonds. The molecular formula is C22H21FN2O3S. The zero-order valence-corrected chi connectivity index (χ0v) is 17.5. The molecule has 0 aliphatic heterocycles. The Morgan fingerprint density at radius 1 is 1.10 bits per heavy atom. The normalized spacial score (nSPS) is 10.7. The molecule has 0 aliphatic rings. The molecule has 0 saturated heterocycles. The van der Waals surface area contributed by atoms with Gasteiger partial charge in [-0.05, 0) is 50.1 Å². The van der Waals surface area contributed by atoms with E-state index in [-0.39, 0.29) is 18.1 Å². The lowest BCUT2D eigenvalue weighted by Crippen LogP contribution is -2.23. The lowest BCUT2D eigenvalue weighted by Gasteiger charge is -2.20. The van der Waals surface area contributed by atoms with Crippen LogP contribution in [0.2, 0.25) is 0 Å². The monoisotopic (exact) mass is 412 g/mol. The number of esters is 1. The highest BCUT2D eigenvalue weighted by atomic mass is 32.1. The van der Waals surface area contributed by atoms with Gasteiger partial charge in [0.2, 0.25) is 5.91 Å². The number of hydrogen-bond acceptors (Lipinski definition) is 5. The molecule has 1 aromatic heterocycles. The highest BCUT2D eigenvalue weighted by Gasteiger charge is 2.20. The number of amides is 1. The van der Waals surface area contributed by atoms with Gasteiger partial charge in [-0.3, -0.25) is 9.69 Å². The molecule has 0 saturated carbocycles. The van der Waals surface area contributed by atoms with Crippen molar-refractivity contribution in [2.75, 3.05) is 4.90 Å². The molecule has 3 aromatic rings. The van der Waals surface area contributed by atoms with E-state index in [1.54, 1.807) is 17.2 Å². The van der Waals surface area contributed by atoms with Gasteiger partial charge in [-0.15, -0.1) is 11.3 Å². The Hall–Kier alpha value is -3.06. The average molecular weight is 412 g/mol. The topological polar surface area (TPSA) is 59.5 Å². The van der Waals surface area contributed by atoms with E-state index in [1.807, 2.05) is 32.0 Å².